The predicted octanol–water partition coefficient (Wildman–Crippen LogP) is 3.84. The Bertz CT molecular complexity index is 829. The molecule has 1 saturated heterocycles. The van der Waals surface area contributed by atoms with Gasteiger partial charge in [0.25, 0.3) is 5.91 Å². The minimum atomic E-state index is -1.59. The second-order valence-electron chi connectivity index (χ2n) is 5.34. The molecule has 0 bridgehead atoms. The van der Waals surface area contributed by atoms with Gasteiger partial charge in [0.05, 0.1) is 0 Å². The minimum absolute atomic E-state index is 0.0161. The standard InChI is InChI=1S/C18H12F3NO3/c19-13-8-11(9-14(20)17(13)21)6-7-16(23)22-15(10-25-18(22)24)12-4-2-1-3-5-12/h1-9,15H,10H2/b7-6+. The molecule has 128 valence electrons. The van der Waals surface area contributed by atoms with Crippen LogP contribution < -0.4 is 0 Å². The molecule has 0 aliphatic carbocycles. The highest BCUT2D eigenvalue weighted by Crippen LogP contribution is 2.28. The maximum Gasteiger partial charge on any atom is 0.417 e. The molecule has 0 spiro atoms. The summed E-state index contributed by atoms with van der Waals surface area (Å²) in [5.74, 6) is -5.03. The van der Waals surface area contributed by atoms with Gasteiger partial charge >= 0.3 is 6.09 Å². The van der Waals surface area contributed by atoms with Crippen molar-refractivity contribution in [2.24, 2.45) is 0 Å². The van der Waals surface area contributed by atoms with E-state index < -0.39 is 35.5 Å². The Morgan fingerprint density at radius 1 is 1.12 bits per heavy atom. The lowest BCUT2D eigenvalue weighted by Gasteiger charge is -2.18. The molecule has 1 aliphatic rings. The number of nitrogens with zero attached hydrogens (tertiary/aromatic N) is 1. The van der Waals surface area contributed by atoms with Gasteiger partial charge in [-0.2, -0.15) is 0 Å². The number of carbonyl (C=O) groups excluding carboxylic acids is 2. The lowest BCUT2D eigenvalue weighted by molar-refractivity contribution is -0.124. The van der Waals surface area contributed by atoms with Gasteiger partial charge in [0.15, 0.2) is 17.5 Å². The van der Waals surface area contributed by atoms with E-state index in [2.05, 4.69) is 0 Å². The predicted molar refractivity (Wildman–Crippen MR) is 82.7 cm³/mol. The number of hydrogen-bond donors (Lipinski definition) is 0. The van der Waals surface area contributed by atoms with Gasteiger partial charge < -0.3 is 4.74 Å². The average molecular weight is 347 g/mol. The van der Waals surface area contributed by atoms with Gasteiger partial charge in [0.2, 0.25) is 0 Å². The highest BCUT2D eigenvalue weighted by Gasteiger charge is 2.37. The molecule has 1 heterocycles. The maximum atomic E-state index is 13.2. The Morgan fingerprint density at radius 3 is 2.40 bits per heavy atom. The van der Waals surface area contributed by atoms with Crippen LogP contribution in [0.15, 0.2) is 48.5 Å². The first-order chi connectivity index (χ1) is 12.0. The van der Waals surface area contributed by atoms with Crippen molar-refractivity contribution >= 4 is 18.1 Å². The summed E-state index contributed by atoms with van der Waals surface area (Å²) in [6.45, 7) is 0.0161. The smallest absolute Gasteiger partial charge is 0.417 e. The molecular formula is C18H12F3NO3. The molecule has 0 radical (unpaired) electrons. The molecule has 1 fully saturated rings. The summed E-state index contributed by atoms with van der Waals surface area (Å²) < 4.78 is 44.2. The van der Waals surface area contributed by atoms with Crippen LogP contribution in [0.25, 0.3) is 6.08 Å². The SMILES string of the molecule is O=C(/C=C/c1cc(F)c(F)c(F)c1)N1C(=O)OCC1c1ccccc1. The lowest BCUT2D eigenvalue weighted by atomic mass is 10.1. The summed E-state index contributed by atoms with van der Waals surface area (Å²) in [5.41, 5.74) is 0.669. The van der Waals surface area contributed by atoms with E-state index in [1.807, 2.05) is 0 Å². The van der Waals surface area contributed by atoms with Crippen LogP contribution in [-0.4, -0.2) is 23.5 Å². The Hall–Kier alpha value is -3.09. The van der Waals surface area contributed by atoms with Crippen molar-refractivity contribution in [2.45, 2.75) is 6.04 Å². The average Bonchev–Trinajstić information content (AvgIpc) is 3.00. The molecule has 1 aliphatic heterocycles. The van der Waals surface area contributed by atoms with Crippen molar-refractivity contribution in [3.05, 3.63) is 77.1 Å². The maximum absolute atomic E-state index is 13.2. The fraction of sp³-hybridized carbons (Fsp3) is 0.111. The molecule has 0 saturated carbocycles. The summed E-state index contributed by atoms with van der Waals surface area (Å²) in [6, 6.07) is 9.74. The highest BCUT2D eigenvalue weighted by molar-refractivity contribution is 6.02. The van der Waals surface area contributed by atoms with Crippen molar-refractivity contribution in [1.82, 2.24) is 4.90 Å². The fourth-order valence-electron chi connectivity index (χ4n) is 2.50. The van der Waals surface area contributed by atoms with E-state index in [1.54, 1.807) is 30.3 Å². The Balaban J connectivity index is 1.83. The molecule has 1 atom stereocenters. The summed E-state index contributed by atoms with van der Waals surface area (Å²) in [7, 11) is 0. The first kappa shape index (κ1) is 16.8. The number of carbonyl (C=O) groups is 2. The van der Waals surface area contributed by atoms with E-state index in [0.717, 1.165) is 29.2 Å². The van der Waals surface area contributed by atoms with Gasteiger partial charge in [-0.1, -0.05) is 30.3 Å². The summed E-state index contributed by atoms with van der Waals surface area (Å²) in [4.78, 5) is 25.1. The molecule has 25 heavy (non-hydrogen) atoms. The molecule has 2 amide bonds. The molecule has 0 aromatic heterocycles. The van der Waals surface area contributed by atoms with Crippen LogP contribution in [0.5, 0.6) is 0 Å². The van der Waals surface area contributed by atoms with Gasteiger partial charge in [-0.05, 0) is 29.3 Å². The largest absolute Gasteiger partial charge is 0.446 e. The number of rotatable bonds is 3. The molecular weight excluding hydrogens is 335 g/mol. The summed E-state index contributed by atoms with van der Waals surface area (Å²) >= 11 is 0. The van der Waals surface area contributed by atoms with Crippen LogP contribution in [0.4, 0.5) is 18.0 Å². The van der Waals surface area contributed by atoms with Crippen LogP contribution in [-0.2, 0) is 9.53 Å². The number of imide groups is 1. The lowest BCUT2D eigenvalue weighted by Crippen LogP contribution is -2.32. The number of ether oxygens (including phenoxy) is 1. The molecule has 4 nitrogen and oxygen atoms in total. The molecule has 7 heteroatoms. The van der Waals surface area contributed by atoms with Crippen LogP contribution in [0.1, 0.15) is 17.2 Å². The number of amides is 2. The van der Waals surface area contributed by atoms with Crippen LogP contribution in [0, 0.1) is 17.5 Å². The number of halogens is 3. The zero-order chi connectivity index (χ0) is 18.0. The van der Waals surface area contributed by atoms with Gasteiger partial charge in [0.1, 0.15) is 12.6 Å². The molecule has 2 aromatic rings. The number of hydrogen-bond acceptors (Lipinski definition) is 3. The monoisotopic (exact) mass is 347 g/mol. The van der Waals surface area contributed by atoms with Crippen molar-refractivity contribution < 1.29 is 27.5 Å². The third-order valence-electron chi connectivity index (χ3n) is 3.72. The second kappa shape index (κ2) is 6.80. The third-order valence-corrected chi connectivity index (χ3v) is 3.72. The molecule has 2 aromatic carbocycles. The third kappa shape index (κ3) is 3.40. The van der Waals surface area contributed by atoms with Crippen LogP contribution in [0.3, 0.4) is 0 Å². The zero-order valence-corrected chi connectivity index (χ0v) is 12.8. The van der Waals surface area contributed by atoms with Crippen molar-refractivity contribution in [1.29, 1.82) is 0 Å². The zero-order valence-electron chi connectivity index (χ0n) is 12.8. The first-order valence-corrected chi connectivity index (χ1v) is 7.35. The second-order valence-corrected chi connectivity index (χ2v) is 5.34. The van der Waals surface area contributed by atoms with E-state index in [1.165, 1.54) is 0 Å². The number of cyclic esters (lactones) is 1. The fourth-order valence-corrected chi connectivity index (χ4v) is 2.50. The Kier molecular flexibility index (Phi) is 4.56. The van der Waals surface area contributed by atoms with Crippen LogP contribution in [0.2, 0.25) is 0 Å². The number of benzene rings is 2. The summed E-state index contributed by atoms with van der Waals surface area (Å²) in [5, 5.41) is 0. The quantitative estimate of drug-likeness (QED) is 0.626. The van der Waals surface area contributed by atoms with E-state index in [-0.39, 0.29) is 12.2 Å². The van der Waals surface area contributed by atoms with Crippen molar-refractivity contribution in [2.75, 3.05) is 6.61 Å². The van der Waals surface area contributed by atoms with Gasteiger partial charge in [0, 0.05) is 6.08 Å². The first-order valence-electron chi connectivity index (χ1n) is 7.35. The van der Waals surface area contributed by atoms with Crippen molar-refractivity contribution in [3.8, 4) is 0 Å². The van der Waals surface area contributed by atoms with Gasteiger partial charge in [-0.25, -0.2) is 22.9 Å². The molecule has 0 N–H and O–H groups in total. The molecule has 1 unspecified atom stereocenters. The van der Waals surface area contributed by atoms with Gasteiger partial charge in [-0.15, -0.1) is 0 Å². The van der Waals surface area contributed by atoms with E-state index in [0.29, 0.717) is 5.56 Å². The minimum Gasteiger partial charge on any atom is -0.446 e. The van der Waals surface area contributed by atoms with E-state index in [9.17, 15) is 22.8 Å². The van der Waals surface area contributed by atoms with Crippen molar-refractivity contribution in [3.63, 3.8) is 0 Å². The highest BCUT2D eigenvalue weighted by atomic mass is 19.2. The van der Waals surface area contributed by atoms with E-state index >= 15 is 0 Å². The Labute approximate surface area is 141 Å². The molecule has 3 rings (SSSR count). The van der Waals surface area contributed by atoms with Gasteiger partial charge in [-0.3, -0.25) is 4.79 Å². The Morgan fingerprint density at radius 2 is 1.76 bits per heavy atom. The summed E-state index contributed by atoms with van der Waals surface area (Å²) in [6.07, 6.45) is 1.27. The van der Waals surface area contributed by atoms with Crippen LogP contribution >= 0.6 is 0 Å². The topological polar surface area (TPSA) is 46.6 Å². The normalized spacial score (nSPS) is 17.2. The van der Waals surface area contributed by atoms with E-state index in [4.69, 9.17) is 4.74 Å².